The molecule has 1 N–H and O–H groups in total. The average molecular weight is 125 g/mol. The van der Waals surface area contributed by atoms with Crippen molar-refractivity contribution in [2.45, 2.75) is 0 Å². The number of hydrogen-bond acceptors (Lipinski definition) is 2. The highest BCUT2D eigenvalue weighted by Gasteiger charge is 2.20. The number of nitrogens with one attached hydrogen (secondary N) is 1. The maximum atomic E-state index is 4.91. The summed E-state index contributed by atoms with van der Waals surface area (Å²) < 4.78 is 5.70. The monoisotopic (exact) mass is 125 g/mol. The lowest BCUT2D eigenvalue weighted by Crippen LogP contribution is -1.54. The molecule has 0 saturated carbocycles. The van der Waals surface area contributed by atoms with Gasteiger partial charge in [0, 0.05) is 6.20 Å². The van der Waals surface area contributed by atoms with E-state index < -0.39 is 0 Å². The smallest absolute Gasteiger partial charge is 0.242 e. The Bertz CT molecular complexity index is 278. The number of H-pyrrole nitrogens is 1. The molecule has 0 unspecified atom stereocenters. The molecule has 0 fully saturated rings. The number of hydrogen-bond donors (Lipinski definition) is 1. The summed E-state index contributed by atoms with van der Waals surface area (Å²) in [5.41, 5.74) is 0. The predicted molar refractivity (Wildman–Crippen MR) is 31.7 cm³/mol. The van der Waals surface area contributed by atoms with Gasteiger partial charge in [0.05, 0.1) is 4.51 Å². The van der Waals surface area contributed by atoms with Crippen LogP contribution in [-0.2, 0) is 0 Å². The highest BCUT2D eigenvalue weighted by molar-refractivity contribution is 7.71. The first-order valence-electron chi connectivity index (χ1n) is 2.27. The zero-order chi connectivity index (χ0) is 5.56. The zero-order valence-corrected chi connectivity index (χ0v) is 4.79. The van der Waals surface area contributed by atoms with Crippen molar-refractivity contribution in [1.82, 2.24) is 4.98 Å². The Morgan fingerprint density at radius 3 is 3.12 bits per heavy atom. The second-order valence-corrected chi connectivity index (χ2v) is 2.04. The minimum Gasteiger partial charge on any atom is -0.430 e. The molecule has 1 aromatic rings. The van der Waals surface area contributed by atoms with Crippen molar-refractivity contribution in [2.75, 3.05) is 0 Å². The predicted octanol–water partition coefficient (Wildman–Crippen LogP) is 1.85. The Kier molecular flexibility index (Phi) is 0.569. The van der Waals surface area contributed by atoms with Crippen LogP contribution in [0.25, 0.3) is 0 Å². The highest BCUT2D eigenvalue weighted by atomic mass is 32.1. The maximum absolute atomic E-state index is 4.91. The van der Waals surface area contributed by atoms with Crippen LogP contribution in [0.4, 0.5) is 0 Å². The van der Waals surface area contributed by atoms with Gasteiger partial charge in [-0.15, -0.1) is 0 Å². The van der Waals surface area contributed by atoms with Crippen LogP contribution in [-0.4, -0.2) is 4.98 Å². The summed E-state index contributed by atoms with van der Waals surface area (Å²) in [4.78, 5) is 2.88. The molecule has 0 bridgehead atoms. The van der Waals surface area contributed by atoms with E-state index in [0.717, 1.165) is 16.1 Å². The van der Waals surface area contributed by atoms with Gasteiger partial charge in [0.15, 0.2) is 0 Å². The normalized spacial score (nSPS) is 12.0. The van der Waals surface area contributed by atoms with Crippen LogP contribution in [0.3, 0.4) is 0 Å². The van der Waals surface area contributed by atoms with Crippen molar-refractivity contribution in [3.8, 4) is 11.6 Å². The molecule has 2 heterocycles. The van der Waals surface area contributed by atoms with E-state index in [1.807, 2.05) is 0 Å². The quantitative estimate of drug-likeness (QED) is 0.430. The molecular formula is C5H3NOS. The zero-order valence-electron chi connectivity index (χ0n) is 3.97. The van der Waals surface area contributed by atoms with Crippen molar-refractivity contribution < 1.29 is 4.74 Å². The standard InChI is InChI=1S/C5H3NOS/c8-3-1-2-6-5-4(3)7-5/h1-2H,(H,6,8). The summed E-state index contributed by atoms with van der Waals surface area (Å²) in [5.74, 6) is 1.65. The van der Waals surface area contributed by atoms with Crippen LogP contribution < -0.4 is 4.74 Å². The third-order valence-corrected chi connectivity index (χ3v) is 1.36. The molecule has 3 heteroatoms. The van der Waals surface area contributed by atoms with Gasteiger partial charge >= 0.3 is 0 Å². The molecule has 0 atom stereocenters. The Hall–Kier alpha value is -0.830. The SMILES string of the molecule is S=c1cc[nH]c2c1O2. The van der Waals surface area contributed by atoms with Gasteiger partial charge in [-0.05, 0) is 6.07 Å². The molecule has 1 aromatic heterocycles. The molecule has 0 aromatic carbocycles. The van der Waals surface area contributed by atoms with Gasteiger partial charge in [0.25, 0.3) is 0 Å². The number of rotatable bonds is 0. The molecule has 1 aliphatic heterocycles. The second kappa shape index (κ2) is 1.11. The summed E-state index contributed by atoms with van der Waals surface area (Å²) in [7, 11) is 0. The molecule has 0 saturated heterocycles. The van der Waals surface area contributed by atoms with E-state index in [4.69, 9.17) is 17.0 Å². The van der Waals surface area contributed by atoms with Gasteiger partial charge in [0.1, 0.15) is 0 Å². The molecule has 40 valence electrons. The molecule has 8 heavy (non-hydrogen) atoms. The summed E-state index contributed by atoms with van der Waals surface area (Å²) in [6.07, 6.45) is 1.77. The Labute approximate surface area is 51.1 Å². The fourth-order valence-corrected chi connectivity index (χ4v) is 0.805. The van der Waals surface area contributed by atoms with E-state index in [0.29, 0.717) is 0 Å². The molecule has 0 spiro atoms. The van der Waals surface area contributed by atoms with Crippen molar-refractivity contribution >= 4 is 12.2 Å². The summed E-state index contributed by atoms with van der Waals surface area (Å²) in [5, 5.41) is 0. The summed E-state index contributed by atoms with van der Waals surface area (Å²) in [6.45, 7) is 0. The molecule has 2 nitrogen and oxygen atoms in total. The van der Waals surface area contributed by atoms with Crippen molar-refractivity contribution in [3.63, 3.8) is 0 Å². The Morgan fingerprint density at radius 1 is 1.62 bits per heavy atom. The van der Waals surface area contributed by atoms with Gasteiger partial charge in [-0.1, -0.05) is 12.2 Å². The topological polar surface area (TPSA) is 28.3 Å². The fraction of sp³-hybridized carbons (Fsp3) is 0. The van der Waals surface area contributed by atoms with Crippen LogP contribution in [0.1, 0.15) is 0 Å². The van der Waals surface area contributed by atoms with Gasteiger partial charge in [-0.3, -0.25) is 0 Å². The van der Waals surface area contributed by atoms with Crippen molar-refractivity contribution in [1.29, 1.82) is 0 Å². The molecule has 0 amide bonds. The third kappa shape index (κ3) is 0.391. The first-order valence-corrected chi connectivity index (χ1v) is 2.68. The Morgan fingerprint density at radius 2 is 2.50 bits per heavy atom. The van der Waals surface area contributed by atoms with Crippen LogP contribution in [0.5, 0.6) is 11.6 Å². The molecular weight excluding hydrogens is 122 g/mol. The lowest BCUT2D eigenvalue weighted by Gasteiger charge is -1.68. The van der Waals surface area contributed by atoms with E-state index in [1.54, 1.807) is 12.3 Å². The van der Waals surface area contributed by atoms with E-state index in [1.165, 1.54) is 0 Å². The van der Waals surface area contributed by atoms with Crippen molar-refractivity contribution in [2.24, 2.45) is 0 Å². The van der Waals surface area contributed by atoms with Gasteiger partial charge in [0.2, 0.25) is 11.6 Å². The number of aromatic amines is 1. The lowest BCUT2D eigenvalue weighted by atomic mass is 10.5. The largest absolute Gasteiger partial charge is 0.430 e. The highest BCUT2D eigenvalue weighted by Crippen LogP contribution is 2.42. The fourth-order valence-electron chi connectivity index (χ4n) is 0.602. The summed E-state index contributed by atoms with van der Waals surface area (Å²) in [6, 6.07) is 1.81. The first kappa shape index (κ1) is 4.09. The molecule has 0 aliphatic carbocycles. The van der Waals surface area contributed by atoms with Gasteiger partial charge in [-0.25, -0.2) is 0 Å². The molecule has 0 radical (unpaired) electrons. The number of pyridine rings is 1. The van der Waals surface area contributed by atoms with E-state index in [2.05, 4.69) is 4.98 Å². The van der Waals surface area contributed by atoms with Crippen LogP contribution in [0, 0.1) is 4.51 Å². The Balaban J connectivity index is 2.88. The minimum atomic E-state index is 0.791. The minimum absolute atomic E-state index is 0.791. The summed E-state index contributed by atoms with van der Waals surface area (Å²) >= 11 is 4.86. The van der Waals surface area contributed by atoms with E-state index in [-0.39, 0.29) is 0 Å². The van der Waals surface area contributed by atoms with Gasteiger partial charge in [-0.2, -0.15) is 0 Å². The van der Waals surface area contributed by atoms with Crippen LogP contribution >= 0.6 is 12.2 Å². The number of aromatic nitrogens is 1. The molecule has 2 rings (SSSR count). The molecule has 1 aliphatic rings. The van der Waals surface area contributed by atoms with Gasteiger partial charge < -0.3 is 9.72 Å². The lowest BCUT2D eigenvalue weighted by molar-refractivity contribution is 0.633. The number of ether oxygens (including phenoxy) is 1. The van der Waals surface area contributed by atoms with Crippen LogP contribution in [0.2, 0.25) is 0 Å². The average Bonchev–Trinajstić information content (AvgIpc) is 2.45. The maximum Gasteiger partial charge on any atom is 0.242 e. The first-order chi connectivity index (χ1) is 3.88. The van der Waals surface area contributed by atoms with E-state index in [9.17, 15) is 0 Å². The van der Waals surface area contributed by atoms with Crippen molar-refractivity contribution in [3.05, 3.63) is 16.8 Å². The van der Waals surface area contributed by atoms with Crippen LogP contribution in [0.15, 0.2) is 12.3 Å². The number of fused-ring (bicyclic) bond motifs is 1. The third-order valence-electron chi connectivity index (χ3n) is 1.04. The van der Waals surface area contributed by atoms with E-state index >= 15 is 0 Å². The second-order valence-electron chi connectivity index (χ2n) is 1.60.